The van der Waals surface area contributed by atoms with Crippen LogP contribution in [0.25, 0.3) is 11.1 Å². The summed E-state index contributed by atoms with van der Waals surface area (Å²) in [6.07, 6.45) is 3.46. The number of hydrogen-bond acceptors (Lipinski definition) is 2. The summed E-state index contributed by atoms with van der Waals surface area (Å²) in [5, 5.41) is 9.19. The van der Waals surface area contributed by atoms with E-state index in [1.165, 1.54) is 12.1 Å². The van der Waals surface area contributed by atoms with Gasteiger partial charge in [0.2, 0.25) is 0 Å². The number of aromatic nitrogens is 1. The molecule has 0 saturated heterocycles. The topological polar surface area (TPSA) is 33.1 Å². The summed E-state index contributed by atoms with van der Waals surface area (Å²) in [6.45, 7) is 1.76. The Hall–Kier alpha value is -1.74. The van der Waals surface area contributed by atoms with Crippen LogP contribution < -0.4 is 0 Å². The molecule has 0 spiro atoms. The molecule has 0 aliphatic rings. The predicted molar refractivity (Wildman–Crippen MR) is 60.3 cm³/mol. The van der Waals surface area contributed by atoms with E-state index < -0.39 is 0 Å². The summed E-state index contributed by atoms with van der Waals surface area (Å²) in [6, 6.07) is 6.35. The van der Waals surface area contributed by atoms with E-state index in [-0.39, 0.29) is 12.4 Å². The molecule has 3 heteroatoms. The van der Waals surface area contributed by atoms with Gasteiger partial charge in [0.15, 0.2) is 0 Å². The molecule has 1 aromatic heterocycles. The number of hydrogen-bond donors (Lipinski definition) is 1. The Bertz CT molecular complexity index is 511. The molecule has 1 N–H and O–H groups in total. The third-order valence-electron chi connectivity index (χ3n) is 2.42. The number of aliphatic hydroxyl groups is 1. The quantitative estimate of drug-likeness (QED) is 0.839. The van der Waals surface area contributed by atoms with Crippen molar-refractivity contribution in [2.45, 2.75) is 13.5 Å². The van der Waals surface area contributed by atoms with Crippen LogP contribution in [0.5, 0.6) is 0 Å². The van der Waals surface area contributed by atoms with Crippen molar-refractivity contribution in [3.63, 3.8) is 0 Å². The third-order valence-corrected chi connectivity index (χ3v) is 2.42. The Morgan fingerprint density at radius 3 is 2.75 bits per heavy atom. The number of aryl methyl sites for hydroxylation is 1. The summed E-state index contributed by atoms with van der Waals surface area (Å²) in [5.74, 6) is -0.339. The fourth-order valence-electron chi connectivity index (χ4n) is 1.68. The molecule has 1 heterocycles. The first kappa shape index (κ1) is 10.8. The van der Waals surface area contributed by atoms with Gasteiger partial charge in [0.1, 0.15) is 5.82 Å². The molecule has 0 fully saturated rings. The molecule has 2 aromatic rings. The molecule has 0 aliphatic carbocycles. The highest BCUT2D eigenvalue weighted by Gasteiger charge is 2.06. The van der Waals surface area contributed by atoms with Crippen LogP contribution in [0.4, 0.5) is 4.39 Å². The summed E-state index contributed by atoms with van der Waals surface area (Å²) in [4.78, 5) is 4.08. The van der Waals surface area contributed by atoms with Crippen molar-refractivity contribution in [2.75, 3.05) is 0 Å². The van der Waals surface area contributed by atoms with E-state index in [1.807, 2.05) is 13.0 Å². The second-order valence-electron chi connectivity index (χ2n) is 3.71. The summed E-state index contributed by atoms with van der Waals surface area (Å²) < 4.78 is 13.0. The number of rotatable bonds is 2. The Labute approximate surface area is 93.4 Å². The van der Waals surface area contributed by atoms with Gasteiger partial charge in [-0.15, -0.1) is 0 Å². The highest BCUT2D eigenvalue weighted by molar-refractivity contribution is 5.66. The predicted octanol–water partition coefficient (Wildman–Crippen LogP) is 2.69. The van der Waals surface area contributed by atoms with E-state index in [2.05, 4.69) is 4.98 Å². The van der Waals surface area contributed by atoms with E-state index in [0.29, 0.717) is 5.56 Å². The van der Waals surface area contributed by atoms with Crippen molar-refractivity contribution in [2.24, 2.45) is 0 Å². The second-order valence-corrected chi connectivity index (χ2v) is 3.71. The molecule has 0 radical (unpaired) electrons. The molecule has 1 aromatic carbocycles. The molecule has 16 heavy (non-hydrogen) atoms. The highest BCUT2D eigenvalue weighted by atomic mass is 19.1. The van der Waals surface area contributed by atoms with Crippen molar-refractivity contribution >= 4 is 0 Å². The van der Waals surface area contributed by atoms with E-state index in [4.69, 9.17) is 0 Å². The zero-order valence-electron chi connectivity index (χ0n) is 8.94. The summed E-state index contributed by atoms with van der Waals surface area (Å²) >= 11 is 0. The SMILES string of the molecule is Cc1cncc(-c2ccc(F)cc2CO)c1. The fraction of sp³-hybridized carbons (Fsp3) is 0.154. The van der Waals surface area contributed by atoms with Crippen LogP contribution in [-0.2, 0) is 6.61 Å². The lowest BCUT2D eigenvalue weighted by Crippen LogP contribution is -1.92. The molecule has 0 saturated carbocycles. The van der Waals surface area contributed by atoms with Gasteiger partial charge in [-0.05, 0) is 41.8 Å². The molecule has 0 amide bonds. The molecule has 82 valence electrons. The van der Waals surface area contributed by atoms with E-state index in [0.717, 1.165) is 16.7 Å². The normalized spacial score (nSPS) is 10.4. The smallest absolute Gasteiger partial charge is 0.123 e. The first-order valence-electron chi connectivity index (χ1n) is 5.02. The van der Waals surface area contributed by atoms with Crippen molar-refractivity contribution < 1.29 is 9.50 Å². The molecule has 2 nitrogen and oxygen atoms in total. The maximum absolute atomic E-state index is 13.0. The van der Waals surface area contributed by atoms with Gasteiger partial charge in [-0.25, -0.2) is 4.39 Å². The standard InChI is InChI=1S/C13H12FNO/c1-9-4-10(7-15-6-9)13-3-2-12(14)5-11(13)8-16/h2-7,16H,8H2,1H3. The minimum Gasteiger partial charge on any atom is -0.392 e. The van der Waals surface area contributed by atoms with Gasteiger partial charge in [0, 0.05) is 18.0 Å². The van der Waals surface area contributed by atoms with Crippen molar-refractivity contribution in [3.8, 4) is 11.1 Å². The maximum Gasteiger partial charge on any atom is 0.123 e. The van der Waals surface area contributed by atoms with Crippen molar-refractivity contribution in [3.05, 3.63) is 53.6 Å². The Morgan fingerprint density at radius 1 is 1.25 bits per heavy atom. The Kier molecular flexibility index (Phi) is 2.97. The van der Waals surface area contributed by atoms with Crippen LogP contribution in [0.3, 0.4) is 0 Å². The van der Waals surface area contributed by atoms with Crippen LogP contribution in [0, 0.1) is 12.7 Å². The van der Waals surface area contributed by atoms with Crippen LogP contribution >= 0.6 is 0 Å². The Morgan fingerprint density at radius 2 is 2.06 bits per heavy atom. The molecule has 0 unspecified atom stereocenters. The number of nitrogens with zero attached hydrogens (tertiary/aromatic N) is 1. The van der Waals surface area contributed by atoms with Crippen LogP contribution in [0.1, 0.15) is 11.1 Å². The van der Waals surface area contributed by atoms with Gasteiger partial charge in [-0.3, -0.25) is 4.98 Å². The summed E-state index contributed by atoms with van der Waals surface area (Å²) in [7, 11) is 0. The largest absolute Gasteiger partial charge is 0.392 e. The average molecular weight is 217 g/mol. The minimum atomic E-state index is -0.339. The van der Waals surface area contributed by atoms with Gasteiger partial charge >= 0.3 is 0 Å². The van der Waals surface area contributed by atoms with E-state index in [9.17, 15) is 9.50 Å². The van der Waals surface area contributed by atoms with Gasteiger partial charge < -0.3 is 5.11 Å². The second kappa shape index (κ2) is 4.41. The number of benzene rings is 1. The van der Waals surface area contributed by atoms with Crippen molar-refractivity contribution in [1.82, 2.24) is 4.98 Å². The molecule has 2 rings (SSSR count). The number of halogens is 1. The van der Waals surface area contributed by atoms with Crippen LogP contribution in [0.15, 0.2) is 36.7 Å². The zero-order chi connectivity index (χ0) is 11.5. The monoisotopic (exact) mass is 217 g/mol. The maximum atomic E-state index is 13.0. The van der Waals surface area contributed by atoms with Crippen LogP contribution in [0.2, 0.25) is 0 Å². The average Bonchev–Trinajstić information content (AvgIpc) is 2.28. The highest BCUT2D eigenvalue weighted by Crippen LogP contribution is 2.24. The van der Waals surface area contributed by atoms with Crippen molar-refractivity contribution in [1.29, 1.82) is 0 Å². The van der Waals surface area contributed by atoms with Gasteiger partial charge in [0.05, 0.1) is 6.61 Å². The zero-order valence-corrected chi connectivity index (χ0v) is 8.94. The molecule has 0 aliphatic heterocycles. The van der Waals surface area contributed by atoms with Crippen LogP contribution in [-0.4, -0.2) is 10.1 Å². The fourth-order valence-corrected chi connectivity index (χ4v) is 1.68. The molecule has 0 bridgehead atoms. The first-order chi connectivity index (χ1) is 7.70. The van der Waals surface area contributed by atoms with Gasteiger partial charge in [0.25, 0.3) is 0 Å². The lowest BCUT2D eigenvalue weighted by atomic mass is 10.0. The molecule has 0 atom stereocenters. The lowest BCUT2D eigenvalue weighted by molar-refractivity contribution is 0.282. The minimum absolute atomic E-state index is 0.180. The lowest BCUT2D eigenvalue weighted by Gasteiger charge is -2.07. The first-order valence-corrected chi connectivity index (χ1v) is 5.02. The third kappa shape index (κ3) is 2.09. The Balaban J connectivity index is 2.55. The van der Waals surface area contributed by atoms with Gasteiger partial charge in [-0.1, -0.05) is 6.07 Å². The number of aliphatic hydroxyl groups excluding tert-OH is 1. The van der Waals surface area contributed by atoms with E-state index >= 15 is 0 Å². The van der Waals surface area contributed by atoms with E-state index in [1.54, 1.807) is 18.5 Å². The summed E-state index contributed by atoms with van der Waals surface area (Å²) in [5.41, 5.74) is 3.32. The molecular formula is C13H12FNO. The number of pyridine rings is 1. The molecular weight excluding hydrogens is 205 g/mol. The van der Waals surface area contributed by atoms with Gasteiger partial charge in [-0.2, -0.15) is 0 Å².